The largest absolute Gasteiger partial charge is 0.492 e. The second-order valence-electron chi connectivity index (χ2n) is 9.47. The molecule has 2 rings (SSSR count). The average molecular weight is 644 g/mol. The molecule has 1 heterocycles. The first kappa shape index (κ1) is 38.4. The van der Waals surface area contributed by atoms with Crippen LogP contribution < -0.4 is 4.74 Å². The molecule has 0 radical (unpaired) electrons. The molecule has 14 nitrogen and oxygen atoms in total. The summed E-state index contributed by atoms with van der Waals surface area (Å²) < 4.78 is 10.9. The summed E-state index contributed by atoms with van der Waals surface area (Å²) in [4.78, 5) is 1.34. The van der Waals surface area contributed by atoms with Crippen molar-refractivity contribution in [1.82, 2.24) is 4.90 Å². The third kappa shape index (κ3) is 12.1. The van der Waals surface area contributed by atoms with Gasteiger partial charge in [-0.3, -0.25) is 4.90 Å². The van der Waals surface area contributed by atoms with Crippen LogP contribution in [-0.2, 0) is 5.75 Å². The maximum atomic E-state index is 10.4. The molecule has 0 bridgehead atoms. The standard InChI is InChI=1S/C26H41NO13S.ClH/c28-12-19(32)24(36)22(34)17(30)10-27(11-18(31)23(35)25(37)20(33)13-29)6-8-39-16-4-1-3-15(9-16)14-41-26(38)21-5-2-7-40-21;/h1-5,7,9,17-20,22-25,28-38,41H,6,8,10-14H2;1H/t17-,18-,19-,20-,22-,23-,24-,25-;/m1./s1. The number of aliphatic hydroxyl groups excluding tert-OH is 11. The number of furan rings is 1. The average Bonchev–Trinajstić information content (AvgIpc) is 3.53. The molecule has 16 heteroatoms. The highest BCUT2D eigenvalue weighted by molar-refractivity contribution is 7.98. The Bertz CT molecular complexity index is 1000. The van der Waals surface area contributed by atoms with E-state index in [4.69, 9.17) is 19.4 Å². The monoisotopic (exact) mass is 643 g/mol. The molecule has 0 aliphatic rings. The Balaban J connectivity index is 0.00000882. The van der Waals surface area contributed by atoms with E-state index in [9.17, 15) is 46.0 Å². The lowest BCUT2D eigenvalue weighted by atomic mass is 10.0. The molecule has 8 atom stereocenters. The van der Waals surface area contributed by atoms with Crippen LogP contribution in [0.3, 0.4) is 0 Å². The van der Waals surface area contributed by atoms with Crippen molar-refractivity contribution in [1.29, 1.82) is 0 Å². The van der Waals surface area contributed by atoms with Crippen molar-refractivity contribution in [2.24, 2.45) is 0 Å². The van der Waals surface area contributed by atoms with E-state index in [2.05, 4.69) is 0 Å². The molecule has 242 valence electrons. The molecule has 1 aromatic carbocycles. The third-order valence-electron chi connectivity index (χ3n) is 6.27. The summed E-state index contributed by atoms with van der Waals surface area (Å²) in [6, 6.07) is 10.4. The Labute approximate surface area is 252 Å². The Kier molecular flexibility index (Phi) is 17.9. The van der Waals surface area contributed by atoms with Crippen LogP contribution >= 0.6 is 23.8 Å². The van der Waals surface area contributed by atoms with Crippen LogP contribution in [0.1, 0.15) is 11.3 Å². The number of nitrogens with zero attached hydrogens (tertiary/aromatic N) is 1. The summed E-state index contributed by atoms with van der Waals surface area (Å²) in [6.45, 7) is -2.54. The van der Waals surface area contributed by atoms with Crippen molar-refractivity contribution in [3.8, 4) is 5.75 Å². The minimum atomic E-state index is -1.88. The third-order valence-corrected chi connectivity index (χ3v) is 7.31. The molecule has 2 aromatic rings. The molecule has 0 saturated carbocycles. The van der Waals surface area contributed by atoms with Gasteiger partial charge in [0, 0.05) is 25.4 Å². The molecule has 1 aromatic heterocycles. The summed E-state index contributed by atoms with van der Waals surface area (Å²) >= 11 is 0.608. The van der Waals surface area contributed by atoms with E-state index in [0.29, 0.717) is 28.6 Å². The van der Waals surface area contributed by atoms with Gasteiger partial charge in [0.1, 0.15) is 54.0 Å². The Morgan fingerprint density at radius 3 is 1.83 bits per heavy atom. The first-order valence-electron chi connectivity index (χ1n) is 12.9. The van der Waals surface area contributed by atoms with Gasteiger partial charge in [-0.2, -0.15) is 11.4 Å². The van der Waals surface area contributed by atoms with E-state index in [0.717, 1.165) is 5.56 Å². The Morgan fingerprint density at radius 1 is 0.786 bits per heavy atom. The zero-order chi connectivity index (χ0) is 30.5. The molecule has 0 unspecified atom stereocenters. The number of rotatable bonds is 19. The molecule has 11 N–H and O–H groups in total. The molecule has 0 amide bonds. The van der Waals surface area contributed by atoms with Gasteiger partial charge in [0.05, 0.1) is 31.7 Å². The highest BCUT2D eigenvalue weighted by Gasteiger charge is 2.34. The van der Waals surface area contributed by atoms with Gasteiger partial charge in [-0.15, -0.1) is 12.4 Å². The smallest absolute Gasteiger partial charge is 0.162 e. The molecule has 42 heavy (non-hydrogen) atoms. The lowest BCUT2D eigenvalue weighted by molar-refractivity contribution is -0.130. The van der Waals surface area contributed by atoms with Gasteiger partial charge >= 0.3 is 0 Å². The van der Waals surface area contributed by atoms with Crippen LogP contribution in [0.5, 0.6) is 5.75 Å². The number of halogens is 1. The fourth-order valence-corrected chi connectivity index (χ4v) is 4.62. The van der Waals surface area contributed by atoms with E-state index >= 15 is 0 Å². The quantitative estimate of drug-likeness (QED) is 0.0537. The second-order valence-corrected chi connectivity index (χ2v) is 10.5. The molecule has 0 aliphatic carbocycles. The minimum absolute atomic E-state index is 0. The molecule has 0 saturated heterocycles. The predicted molar refractivity (Wildman–Crippen MR) is 156 cm³/mol. The summed E-state index contributed by atoms with van der Waals surface area (Å²) in [7, 11) is 0. The topological polar surface area (TPSA) is 248 Å². The van der Waals surface area contributed by atoms with Crippen LogP contribution in [0.15, 0.2) is 47.1 Å². The first-order chi connectivity index (χ1) is 19.5. The van der Waals surface area contributed by atoms with Gasteiger partial charge in [0.15, 0.2) is 5.76 Å². The van der Waals surface area contributed by atoms with Crippen molar-refractivity contribution in [2.75, 3.05) is 39.5 Å². The van der Waals surface area contributed by atoms with Gasteiger partial charge in [-0.25, -0.2) is 0 Å². The van der Waals surface area contributed by atoms with Crippen LogP contribution in [0.4, 0.5) is 0 Å². The van der Waals surface area contributed by atoms with Gasteiger partial charge in [-0.05, 0) is 29.8 Å². The lowest BCUT2D eigenvalue weighted by Crippen LogP contribution is -2.53. The zero-order valence-corrected chi connectivity index (χ0v) is 24.4. The number of benzene rings is 1. The Hall–Kier alpha value is -1.67. The molecular formula is C26H42ClNO13S. The van der Waals surface area contributed by atoms with Crippen molar-refractivity contribution in [2.45, 2.75) is 54.6 Å². The fourth-order valence-electron chi connectivity index (χ4n) is 3.80. The maximum absolute atomic E-state index is 10.4. The summed E-state index contributed by atoms with van der Waals surface area (Å²) in [5.74, 6) is 1.31. The van der Waals surface area contributed by atoms with Crippen LogP contribution in [0.25, 0.3) is 0 Å². The molecule has 0 aliphatic heterocycles. The number of hydrogen-bond donors (Lipinski definition) is 12. The van der Waals surface area contributed by atoms with E-state index in [-0.39, 0.29) is 30.6 Å². The maximum Gasteiger partial charge on any atom is 0.162 e. The molecule has 0 spiro atoms. The van der Waals surface area contributed by atoms with Crippen LogP contribution in [0.2, 0.25) is 0 Å². The van der Waals surface area contributed by atoms with Gasteiger partial charge < -0.3 is 65.3 Å². The summed E-state index contributed by atoms with van der Waals surface area (Å²) in [6.07, 6.45) is -12.8. The Morgan fingerprint density at radius 2 is 1.33 bits per heavy atom. The van der Waals surface area contributed by atoms with Crippen LogP contribution in [0, 0.1) is 0 Å². The van der Waals surface area contributed by atoms with E-state index in [1.54, 1.807) is 30.3 Å². The number of hydrogen-bond acceptors (Lipinski definition) is 13. The summed E-state index contributed by atoms with van der Waals surface area (Å²) in [5.41, 5.74) is 0.851. The summed E-state index contributed by atoms with van der Waals surface area (Å²) in [5, 5.41) is 108. The van der Waals surface area contributed by atoms with Gasteiger partial charge in [0.2, 0.25) is 0 Å². The van der Waals surface area contributed by atoms with Crippen LogP contribution in [-0.4, -0.2) is 154 Å². The van der Waals surface area contributed by atoms with Crippen molar-refractivity contribution < 1.29 is 65.3 Å². The van der Waals surface area contributed by atoms with E-state index in [1.165, 1.54) is 11.2 Å². The minimum Gasteiger partial charge on any atom is -0.492 e. The lowest BCUT2D eigenvalue weighted by Gasteiger charge is -2.33. The second kappa shape index (κ2) is 19.6. The zero-order valence-electron chi connectivity index (χ0n) is 22.6. The predicted octanol–water partition coefficient (Wildman–Crippen LogP) is -3.04. The van der Waals surface area contributed by atoms with Crippen molar-refractivity contribution in [3.63, 3.8) is 0 Å². The molecule has 0 fully saturated rings. The van der Waals surface area contributed by atoms with Gasteiger partial charge in [-0.1, -0.05) is 12.1 Å². The number of aliphatic hydroxyl groups is 11. The van der Waals surface area contributed by atoms with E-state index < -0.39 is 75.1 Å². The number of ether oxygens (including phenoxy) is 1. The van der Waals surface area contributed by atoms with Crippen molar-refractivity contribution in [3.05, 3.63) is 54.0 Å². The number of thiol groups is 1. The molecular weight excluding hydrogens is 602 g/mol. The fraction of sp³-hybridized carbons (Fsp3) is 0.577. The highest BCUT2D eigenvalue weighted by Crippen LogP contribution is 2.18. The van der Waals surface area contributed by atoms with Gasteiger partial charge in [0.25, 0.3) is 0 Å². The SMILES string of the molecule is Cl.OC[C@@H](O)[C@@H](O)[C@H](O)[C@H](O)CN(CCOc1cccc(C[SH]=C(O)c2ccco2)c1)C[C@@H](O)[C@@H](O)[C@H](O)[C@H](O)CO. The van der Waals surface area contributed by atoms with Crippen molar-refractivity contribution >= 4 is 28.8 Å². The normalized spacial score (nSPS) is 18.1. The first-order valence-corrected chi connectivity index (χ1v) is 13.9. The van der Waals surface area contributed by atoms with E-state index in [1.807, 2.05) is 6.07 Å². The highest BCUT2D eigenvalue weighted by atomic mass is 35.5.